The zero-order chi connectivity index (χ0) is 32.3. The Kier molecular flexibility index (Phi) is 6.18. The molecule has 3 heteroatoms. The number of para-hydroxylation sites is 2. The third-order valence-corrected chi connectivity index (χ3v) is 9.67. The molecule has 0 radical (unpaired) electrons. The predicted molar refractivity (Wildman–Crippen MR) is 202 cm³/mol. The Morgan fingerprint density at radius 3 is 1.88 bits per heavy atom. The Morgan fingerprint density at radius 1 is 0.347 bits per heavy atom. The minimum Gasteiger partial charge on any atom is -0.456 e. The maximum Gasteiger partial charge on any atom is 0.137 e. The summed E-state index contributed by atoms with van der Waals surface area (Å²) < 4.78 is 12.9. The van der Waals surface area contributed by atoms with Gasteiger partial charge in [-0.2, -0.15) is 0 Å². The SMILES string of the molecule is c1ccc(-c2ccc3c4c(cccc24)-c2ccc(-c4ccc(N(c5ccccc5)c5ccc6c(c5)oc5ccccc56)cc4)cc2O3)cc1. The molecule has 0 bridgehead atoms. The molecular weight excluding hydrogens is 599 g/mol. The first-order chi connectivity index (χ1) is 24.3. The predicted octanol–water partition coefficient (Wildman–Crippen LogP) is 13.3. The molecule has 49 heavy (non-hydrogen) atoms. The van der Waals surface area contributed by atoms with Crippen LogP contribution in [0.5, 0.6) is 11.5 Å². The maximum atomic E-state index is 6.62. The first-order valence-corrected chi connectivity index (χ1v) is 16.6. The minimum absolute atomic E-state index is 0.874. The molecular formula is C46H29NO2. The van der Waals surface area contributed by atoms with E-state index in [0.29, 0.717) is 0 Å². The van der Waals surface area contributed by atoms with Crippen LogP contribution in [0.25, 0.3) is 66.1 Å². The molecule has 8 aromatic carbocycles. The monoisotopic (exact) mass is 627 g/mol. The number of hydrogen-bond donors (Lipinski definition) is 0. The molecule has 0 fully saturated rings. The Labute approximate surface area is 283 Å². The number of hydrogen-bond acceptors (Lipinski definition) is 3. The van der Waals surface area contributed by atoms with Gasteiger partial charge in [0, 0.05) is 44.9 Å². The van der Waals surface area contributed by atoms with E-state index in [1.54, 1.807) is 0 Å². The topological polar surface area (TPSA) is 25.6 Å². The number of fused-ring (bicyclic) bond motifs is 5. The van der Waals surface area contributed by atoms with E-state index in [0.717, 1.165) is 72.6 Å². The van der Waals surface area contributed by atoms with Gasteiger partial charge in [-0.1, -0.05) is 109 Å². The summed E-state index contributed by atoms with van der Waals surface area (Å²) in [6.07, 6.45) is 0. The highest BCUT2D eigenvalue weighted by atomic mass is 16.5. The highest BCUT2D eigenvalue weighted by Crippen LogP contribution is 2.49. The average molecular weight is 628 g/mol. The van der Waals surface area contributed by atoms with Crippen molar-refractivity contribution in [2.45, 2.75) is 0 Å². The number of nitrogens with zero attached hydrogens (tertiary/aromatic N) is 1. The van der Waals surface area contributed by atoms with Crippen molar-refractivity contribution in [1.29, 1.82) is 0 Å². The fraction of sp³-hybridized carbons (Fsp3) is 0. The Bertz CT molecular complexity index is 2670. The van der Waals surface area contributed by atoms with Crippen LogP contribution < -0.4 is 9.64 Å². The molecule has 0 amide bonds. The van der Waals surface area contributed by atoms with Gasteiger partial charge in [0.05, 0.1) is 0 Å². The van der Waals surface area contributed by atoms with E-state index in [2.05, 4.69) is 163 Å². The molecule has 1 aromatic heterocycles. The molecule has 2 heterocycles. The fourth-order valence-electron chi connectivity index (χ4n) is 7.36. The van der Waals surface area contributed by atoms with Crippen LogP contribution >= 0.6 is 0 Å². The molecule has 0 aliphatic carbocycles. The van der Waals surface area contributed by atoms with Crippen molar-refractivity contribution < 1.29 is 9.15 Å². The lowest BCUT2D eigenvalue weighted by Crippen LogP contribution is -2.09. The first kappa shape index (κ1) is 27.5. The third kappa shape index (κ3) is 4.51. The highest BCUT2D eigenvalue weighted by molar-refractivity contribution is 6.10. The van der Waals surface area contributed by atoms with Crippen molar-refractivity contribution in [2.24, 2.45) is 0 Å². The second-order valence-corrected chi connectivity index (χ2v) is 12.5. The van der Waals surface area contributed by atoms with Crippen LogP contribution in [0, 0.1) is 0 Å². The third-order valence-electron chi connectivity index (χ3n) is 9.67. The highest BCUT2D eigenvalue weighted by Gasteiger charge is 2.22. The van der Waals surface area contributed by atoms with E-state index < -0.39 is 0 Å². The summed E-state index contributed by atoms with van der Waals surface area (Å²) in [6.45, 7) is 0. The number of benzene rings is 8. The molecule has 1 aliphatic heterocycles. The maximum absolute atomic E-state index is 6.62. The van der Waals surface area contributed by atoms with Crippen molar-refractivity contribution in [1.82, 2.24) is 0 Å². The van der Waals surface area contributed by atoms with Gasteiger partial charge in [-0.05, 0) is 93.9 Å². The molecule has 3 nitrogen and oxygen atoms in total. The van der Waals surface area contributed by atoms with Gasteiger partial charge >= 0.3 is 0 Å². The van der Waals surface area contributed by atoms with Crippen molar-refractivity contribution in [3.8, 4) is 44.9 Å². The van der Waals surface area contributed by atoms with Crippen molar-refractivity contribution >= 4 is 49.8 Å². The van der Waals surface area contributed by atoms with E-state index in [4.69, 9.17) is 9.15 Å². The average Bonchev–Trinajstić information content (AvgIpc) is 3.54. The first-order valence-electron chi connectivity index (χ1n) is 16.6. The molecule has 0 N–H and O–H groups in total. The van der Waals surface area contributed by atoms with Crippen LogP contribution in [0.2, 0.25) is 0 Å². The summed E-state index contributed by atoms with van der Waals surface area (Å²) in [7, 11) is 0. The minimum atomic E-state index is 0.874. The molecule has 0 saturated heterocycles. The number of rotatable bonds is 5. The largest absolute Gasteiger partial charge is 0.456 e. The van der Waals surface area contributed by atoms with Crippen LogP contribution in [-0.4, -0.2) is 0 Å². The molecule has 0 atom stereocenters. The van der Waals surface area contributed by atoms with Crippen LogP contribution in [0.3, 0.4) is 0 Å². The Balaban J connectivity index is 1.02. The van der Waals surface area contributed by atoms with E-state index in [9.17, 15) is 0 Å². The Hall–Kier alpha value is -6.58. The van der Waals surface area contributed by atoms with Gasteiger partial charge in [-0.3, -0.25) is 0 Å². The molecule has 230 valence electrons. The van der Waals surface area contributed by atoms with Crippen molar-refractivity contribution in [3.05, 3.63) is 176 Å². The van der Waals surface area contributed by atoms with Gasteiger partial charge in [-0.25, -0.2) is 0 Å². The van der Waals surface area contributed by atoms with E-state index in [1.165, 1.54) is 22.1 Å². The number of ether oxygens (including phenoxy) is 1. The van der Waals surface area contributed by atoms with E-state index >= 15 is 0 Å². The zero-order valence-corrected chi connectivity index (χ0v) is 26.5. The summed E-state index contributed by atoms with van der Waals surface area (Å²) in [4.78, 5) is 2.27. The quantitative estimate of drug-likeness (QED) is 0.190. The van der Waals surface area contributed by atoms with Crippen molar-refractivity contribution in [2.75, 3.05) is 4.90 Å². The van der Waals surface area contributed by atoms with Gasteiger partial charge in [0.2, 0.25) is 0 Å². The molecule has 0 spiro atoms. The van der Waals surface area contributed by atoms with Gasteiger partial charge in [0.15, 0.2) is 0 Å². The second kappa shape index (κ2) is 11.0. The summed E-state index contributed by atoms with van der Waals surface area (Å²) >= 11 is 0. The van der Waals surface area contributed by atoms with Crippen LogP contribution in [0.15, 0.2) is 180 Å². The van der Waals surface area contributed by atoms with Gasteiger partial charge in [0.25, 0.3) is 0 Å². The lowest BCUT2D eigenvalue weighted by atomic mass is 9.89. The zero-order valence-electron chi connectivity index (χ0n) is 26.5. The number of anilines is 3. The summed E-state index contributed by atoms with van der Waals surface area (Å²) in [5, 5.41) is 4.61. The second-order valence-electron chi connectivity index (χ2n) is 12.5. The standard InChI is InChI=1S/C46H29NO2/c1-3-10-31(11-4-1)36-26-27-43-46-40(36)15-9-16-41(46)39-24-20-32(28-44(39)49-43)30-18-21-34(22-19-30)47(33-12-5-2-6-13-33)35-23-25-38-37-14-7-8-17-42(37)48-45(38)29-35/h1-29H. The molecule has 9 aromatic rings. The van der Waals surface area contributed by atoms with Gasteiger partial charge < -0.3 is 14.1 Å². The molecule has 0 unspecified atom stereocenters. The lowest BCUT2D eigenvalue weighted by molar-refractivity contribution is 0.487. The van der Waals surface area contributed by atoms with Crippen LogP contribution in [-0.2, 0) is 0 Å². The van der Waals surface area contributed by atoms with Gasteiger partial charge in [-0.15, -0.1) is 0 Å². The molecule has 0 saturated carbocycles. The van der Waals surface area contributed by atoms with Gasteiger partial charge in [0.1, 0.15) is 22.7 Å². The lowest BCUT2D eigenvalue weighted by Gasteiger charge is -2.26. The van der Waals surface area contributed by atoms with Crippen LogP contribution in [0.1, 0.15) is 0 Å². The Morgan fingerprint density at radius 2 is 1.02 bits per heavy atom. The summed E-state index contributed by atoms with van der Waals surface area (Å²) in [6, 6.07) is 61.9. The van der Waals surface area contributed by atoms with Crippen molar-refractivity contribution in [3.63, 3.8) is 0 Å². The van der Waals surface area contributed by atoms with E-state index in [1.807, 2.05) is 18.2 Å². The molecule has 10 rings (SSSR count). The van der Waals surface area contributed by atoms with E-state index in [-0.39, 0.29) is 0 Å². The smallest absolute Gasteiger partial charge is 0.137 e. The van der Waals surface area contributed by atoms with Crippen LogP contribution in [0.4, 0.5) is 17.1 Å². The fourth-order valence-corrected chi connectivity index (χ4v) is 7.36. The molecule has 1 aliphatic rings. The number of furan rings is 1. The normalized spacial score (nSPS) is 11.8. The summed E-state index contributed by atoms with van der Waals surface area (Å²) in [5.74, 6) is 1.77. The summed E-state index contributed by atoms with van der Waals surface area (Å²) in [5.41, 5.74) is 11.9.